The standard InChI is InChI=1S/C10H12O3/c11-8-4-1-3-2-5-7(4)6(3)9(8)13-10(5)12/h3-9,11H,1-2H2. The molecular formula is C10H12O3. The lowest BCUT2D eigenvalue weighted by Crippen LogP contribution is -2.38. The van der Waals surface area contributed by atoms with E-state index in [9.17, 15) is 9.90 Å². The Labute approximate surface area is 76.1 Å². The number of hydrogen-bond acceptors (Lipinski definition) is 3. The highest BCUT2D eigenvalue weighted by atomic mass is 16.6. The van der Waals surface area contributed by atoms with E-state index < -0.39 is 0 Å². The van der Waals surface area contributed by atoms with Gasteiger partial charge in [0, 0.05) is 5.92 Å². The van der Waals surface area contributed by atoms with Gasteiger partial charge in [-0.3, -0.25) is 4.79 Å². The number of ether oxygens (including phenoxy) is 1. The monoisotopic (exact) mass is 180 g/mol. The molecule has 1 heterocycles. The second-order valence-electron chi connectivity index (χ2n) is 5.05. The maximum absolute atomic E-state index is 11.5. The van der Waals surface area contributed by atoms with Crippen LogP contribution in [0.1, 0.15) is 12.8 Å². The summed E-state index contributed by atoms with van der Waals surface area (Å²) in [7, 11) is 0. The molecule has 3 heteroatoms. The molecule has 0 aromatic rings. The van der Waals surface area contributed by atoms with Crippen molar-refractivity contribution in [3.05, 3.63) is 0 Å². The zero-order chi connectivity index (χ0) is 8.74. The van der Waals surface area contributed by atoms with Crippen LogP contribution < -0.4 is 0 Å². The third kappa shape index (κ3) is 0.539. The molecule has 3 nitrogen and oxygen atoms in total. The third-order valence-electron chi connectivity index (χ3n) is 4.79. The van der Waals surface area contributed by atoms with Gasteiger partial charge in [-0.05, 0) is 30.6 Å². The highest BCUT2D eigenvalue weighted by Gasteiger charge is 2.70. The molecule has 0 radical (unpaired) electrons. The fourth-order valence-corrected chi connectivity index (χ4v) is 4.52. The highest BCUT2D eigenvalue weighted by molar-refractivity contribution is 5.76. The molecule has 6 bridgehead atoms. The van der Waals surface area contributed by atoms with Crippen LogP contribution in [0.2, 0.25) is 0 Å². The summed E-state index contributed by atoms with van der Waals surface area (Å²) in [5, 5.41) is 9.87. The summed E-state index contributed by atoms with van der Waals surface area (Å²) in [6, 6.07) is 0. The summed E-state index contributed by atoms with van der Waals surface area (Å²) in [4.78, 5) is 11.5. The van der Waals surface area contributed by atoms with Crippen molar-refractivity contribution in [2.45, 2.75) is 25.0 Å². The van der Waals surface area contributed by atoms with Crippen molar-refractivity contribution in [2.75, 3.05) is 0 Å². The van der Waals surface area contributed by atoms with Crippen molar-refractivity contribution >= 4 is 5.97 Å². The van der Waals surface area contributed by atoms with E-state index in [-0.39, 0.29) is 24.1 Å². The number of carbonyl (C=O) groups excluding carboxylic acids is 1. The second-order valence-corrected chi connectivity index (χ2v) is 5.05. The summed E-state index contributed by atoms with van der Waals surface area (Å²) in [5.41, 5.74) is 0. The molecule has 0 aromatic heterocycles. The smallest absolute Gasteiger partial charge is 0.309 e. The predicted octanol–water partition coefficient (Wildman–Crippen LogP) is 0.175. The minimum absolute atomic E-state index is 0.0324. The lowest BCUT2D eigenvalue weighted by Gasteiger charge is -2.29. The van der Waals surface area contributed by atoms with Gasteiger partial charge in [-0.1, -0.05) is 0 Å². The van der Waals surface area contributed by atoms with Crippen molar-refractivity contribution in [3.63, 3.8) is 0 Å². The molecule has 0 amide bonds. The van der Waals surface area contributed by atoms with Crippen LogP contribution in [0.3, 0.4) is 0 Å². The summed E-state index contributed by atoms with van der Waals surface area (Å²) >= 11 is 0. The largest absolute Gasteiger partial charge is 0.459 e. The van der Waals surface area contributed by atoms with E-state index in [0.29, 0.717) is 23.7 Å². The molecule has 4 rings (SSSR count). The SMILES string of the molecule is O=C1OC2C(O)C3CC4CC1C3C42. The molecule has 4 aliphatic rings. The Hall–Kier alpha value is -0.570. The average Bonchev–Trinajstić information content (AvgIpc) is 2.69. The van der Waals surface area contributed by atoms with Crippen LogP contribution in [0.15, 0.2) is 0 Å². The predicted molar refractivity (Wildman–Crippen MR) is 42.6 cm³/mol. The Bertz CT molecular complexity index is 301. The maximum Gasteiger partial charge on any atom is 0.309 e. The molecule has 0 spiro atoms. The van der Waals surface area contributed by atoms with Crippen molar-refractivity contribution < 1.29 is 14.6 Å². The van der Waals surface area contributed by atoms with E-state index in [1.54, 1.807) is 0 Å². The van der Waals surface area contributed by atoms with Crippen LogP contribution in [0.4, 0.5) is 0 Å². The van der Waals surface area contributed by atoms with Gasteiger partial charge in [0.15, 0.2) is 0 Å². The van der Waals surface area contributed by atoms with Crippen molar-refractivity contribution in [3.8, 4) is 0 Å². The van der Waals surface area contributed by atoms with Crippen LogP contribution in [0.25, 0.3) is 0 Å². The fraction of sp³-hybridized carbons (Fsp3) is 0.900. The van der Waals surface area contributed by atoms with Crippen LogP contribution in [0.5, 0.6) is 0 Å². The first-order valence-electron chi connectivity index (χ1n) is 5.16. The topological polar surface area (TPSA) is 46.5 Å². The number of aliphatic hydroxyl groups excluding tert-OH is 1. The molecule has 3 saturated carbocycles. The molecule has 0 aromatic carbocycles. The Morgan fingerprint density at radius 3 is 3.00 bits per heavy atom. The van der Waals surface area contributed by atoms with Crippen LogP contribution in [0, 0.1) is 29.6 Å². The zero-order valence-corrected chi connectivity index (χ0v) is 7.22. The molecule has 4 fully saturated rings. The van der Waals surface area contributed by atoms with Gasteiger partial charge in [0.25, 0.3) is 0 Å². The van der Waals surface area contributed by atoms with Gasteiger partial charge in [0.1, 0.15) is 6.10 Å². The lowest BCUT2D eigenvalue weighted by atomic mass is 9.79. The molecule has 1 aliphatic heterocycles. The number of hydrogen-bond donors (Lipinski definition) is 1. The summed E-state index contributed by atoms with van der Waals surface area (Å²) in [6.07, 6.45) is 1.69. The summed E-state index contributed by atoms with van der Waals surface area (Å²) in [5.74, 6) is 2.16. The molecule has 70 valence electrons. The van der Waals surface area contributed by atoms with Gasteiger partial charge in [0.2, 0.25) is 0 Å². The van der Waals surface area contributed by atoms with E-state index in [2.05, 4.69) is 0 Å². The quantitative estimate of drug-likeness (QED) is 0.541. The minimum Gasteiger partial charge on any atom is -0.459 e. The second kappa shape index (κ2) is 1.78. The van der Waals surface area contributed by atoms with Gasteiger partial charge in [-0.2, -0.15) is 0 Å². The van der Waals surface area contributed by atoms with Gasteiger partial charge < -0.3 is 9.84 Å². The molecule has 7 unspecified atom stereocenters. The highest BCUT2D eigenvalue weighted by Crippen LogP contribution is 2.66. The molecule has 13 heavy (non-hydrogen) atoms. The van der Waals surface area contributed by atoms with Crippen LogP contribution >= 0.6 is 0 Å². The molecular weight excluding hydrogens is 168 g/mol. The minimum atomic E-state index is -0.347. The summed E-state index contributed by atoms with van der Waals surface area (Å²) in [6.45, 7) is 0. The van der Waals surface area contributed by atoms with Crippen LogP contribution in [-0.4, -0.2) is 23.3 Å². The maximum atomic E-state index is 11.5. The molecule has 7 atom stereocenters. The first kappa shape index (κ1) is 6.82. The van der Waals surface area contributed by atoms with Crippen molar-refractivity contribution in [2.24, 2.45) is 29.6 Å². The van der Waals surface area contributed by atoms with Gasteiger partial charge in [-0.25, -0.2) is 0 Å². The van der Waals surface area contributed by atoms with Crippen LogP contribution in [-0.2, 0) is 9.53 Å². The van der Waals surface area contributed by atoms with E-state index >= 15 is 0 Å². The number of carbonyl (C=O) groups is 1. The Morgan fingerprint density at radius 1 is 1.31 bits per heavy atom. The van der Waals surface area contributed by atoms with E-state index in [0.717, 1.165) is 12.8 Å². The normalized spacial score (nSPS) is 66.2. The Morgan fingerprint density at radius 2 is 2.15 bits per heavy atom. The number of aliphatic hydroxyl groups is 1. The summed E-state index contributed by atoms with van der Waals surface area (Å²) < 4.78 is 5.29. The van der Waals surface area contributed by atoms with Gasteiger partial charge in [-0.15, -0.1) is 0 Å². The average molecular weight is 180 g/mol. The first-order valence-corrected chi connectivity index (χ1v) is 5.16. The molecule has 1 saturated heterocycles. The Kier molecular flexibility index (Phi) is 0.934. The lowest BCUT2D eigenvalue weighted by molar-refractivity contribution is -0.165. The van der Waals surface area contributed by atoms with Gasteiger partial charge in [0.05, 0.1) is 12.0 Å². The molecule has 1 N–H and O–H groups in total. The number of rotatable bonds is 0. The molecule has 3 aliphatic carbocycles. The van der Waals surface area contributed by atoms with E-state index in [4.69, 9.17) is 4.74 Å². The number of esters is 1. The van der Waals surface area contributed by atoms with E-state index in [1.807, 2.05) is 0 Å². The first-order chi connectivity index (χ1) is 6.27. The Balaban J connectivity index is 1.89. The third-order valence-corrected chi connectivity index (χ3v) is 4.79. The van der Waals surface area contributed by atoms with E-state index in [1.165, 1.54) is 0 Å². The van der Waals surface area contributed by atoms with Crippen molar-refractivity contribution in [1.29, 1.82) is 0 Å². The fourth-order valence-electron chi connectivity index (χ4n) is 4.52. The zero-order valence-electron chi connectivity index (χ0n) is 7.22. The van der Waals surface area contributed by atoms with Crippen molar-refractivity contribution in [1.82, 2.24) is 0 Å². The van der Waals surface area contributed by atoms with Gasteiger partial charge >= 0.3 is 5.97 Å².